The number of aryl methyl sites for hydroxylation is 1. The Balaban J connectivity index is 2.21. The summed E-state index contributed by atoms with van der Waals surface area (Å²) < 4.78 is 44.8. The Morgan fingerprint density at radius 3 is 2.45 bits per heavy atom. The number of rotatable bonds is 5. The highest BCUT2D eigenvalue weighted by atomic mass is 35.5. The smallest absolute Gasteiger partial charge is 0.236 e. The van der Waals surface area contributed by atoms with E-state index < -0.39 is 15.8 Å². The lowest BCUT2D eigenvalue weighted by Gasteiger charge is -2.13. The fourth-order valence-electron chi connectivity index (χ4n) is 1.93. The molecule has 0 radical (unpaired) electrons. The van der Waals surface area contributed by atoms with Crippen molar-refractivity contribution in [3.05, 3.63) is 58.4 Å². The summed E-state index contributed by atoms with van der Waals surface area (Å²) in [4.78, 5) is 0. The van der Waals surface area contributed by atoms with Crippen LogP contribution in [0.5, 0.6) is 5.75 Å². The van der Waals surface area contributed by atoms with E-state index in [1.54, 1.807) is 13.0 Å². The Morgan fingerprint density at radius 2 is 1.86 bits per heavy atom. The normalized spacial score (nSPS) is 11.3. The van der Waals surface area contributed by atoms with Gasteiger partial charge in [-0.05, 0) is 42.3 Å². The minimum Gasteiger partial charge on any atom is -0.495 e. The maximum absolute atomic E-state index is 12.8. The van der Waals surface area contributed by atoms with Gasteiger partial charge in [-0.25, -0.2) is 12.8 Å². The molecule has 0 aliphatic carbocycles. The van der Waals surface area contributed by atoms with Gasteiger partial charge in [0.15, 0.2) is 0 Å². The highest BCUT2D eigenvalue weighted by Gasteiger charge is 2.15. The third-order valence-electron chi connectivity index (χ3n) is 3.03. The number of sulfonamides is 1. The topological polar surface area (TPSA) is 55.4 Å². The molecule has 0 aromatic heterocycles. The Hall–Kier alpha value is -1.79. The van der Waals surface area contributed by atoms with Crippen LogP contribution in [-0.2, 0) is 15.8 Å². The molecule has 0 spiro atoms. The van der Waals surface area contributed by atoms with Gasteiger partial charge >= 0.3 is 0 Å². The van der Waals surface area contributed by atoms with Crippen LogP contribution in [0.4, 0.5) is 10.1 Å². The van der Waals surface area contributed by atoms with E-state index in [-0.39, 0.29) is 5.75 Å². The second-order valence-corrected chi connectivity index (χ2v) is 6.92. The molecule has 2 aromatic carbocycles. The van der Waals surface area contributed by atoms with E-state index >= 15 is 0 Å². The second-order valence-electron chi connectivity index (χ2n) is 4.79. The summed E-state index contributed by atoms with van der Waals surface area (Å²) in [6.07, 6.45) is 0. The van der Waals surface area contributed by atoms with Crippen molar-refractivity contribution in [2.75, 3.05) is 11.8 Å². The first-order chi connectivity index (χ1) is 10.3. The largest absolute Gasteiger partial charge is 0.495 e. The minimum atomic E-state index is -3.63. The number of hydrogen-bond donors (Lipinski definition) is 1. The molecule has 7 heteroatoms. The van der Waals surface area contributed by atoms with Crippen LogP contribution in [0, 0.1) is 12.7 Å². The SMILES string of the molecule is COc1cc(C)c(NS(=O)(=O)Cc2ccc(F)cc2)cc1Cl. The first kappa shape index (κ1) is 16.6. The van der Waals surface area contributed by atoms with Crippen LogP contribution in [0.3, 0.4) is 0 Å². The van der Waals surface area contributed by atoms with Gasteiger partial charge in [0, 0.05) is 0 Å². The zero-order valence-electron chi connectivity index (χ0n) is 12.1. The fourth-order valence-corrected chi connectivity index (χ4v) is 3.42. The van der Waals surface area contributed by atoms with E-state index in [1.807, 2.05) is 0 Å². The minimum absolute atomic E-state index is 0.254. The highest BCUT2D eigenvalue weighted by Crippen LogP contribution is 2.31. The van der Waals surface area contributed by atoms with Crippen LogP contribution >= 0.6 is 11.6 Å². The number of benzene rings is 2. The molecule has 0 atom stereocenters. The zero-order valence-corrected chi connectivity index (χ0v) is 13.6. The molecule has 0 heterocycles. The molecular formula is C15H15ClFNO3S. The summed E-state index contributed by atoms with van der Waals surface area (Å²) >= 11 is 6.01. The molecule has 2 rings (SSSR count). The van der Waals surface area contributed by atoms with E-state index in [0.717, 1.165) is 0 Å². The van der Waals surface area contributed by atoms with E-state index in [0.29, 0.717) is 27.6 Å². The fraction of sp³-hybridized carbons (Fsp3) is 0.200. The number of methoxy groups -OCH3 is 1. The van der Waals surface area contributed by atoms with Gasteiger partial charge in [-0.15, -0.1) is 0 Å². The average Bonchev–Trinajstić information content (AvgIpc) is 2.44. The van der Waals surface area contributed by atoms with Crippen molar-refractivity contribution >= 4 is 27.3 Å². The van der Waals surface area contributed by atoms with Crippen LogP contribution in [0.1, 0.15) is 11.1 Å². The van der Waals surface area contributed by atoms with Gasteiger partial charge in [0.05, 0.1) is 23.6 Å². The Labute approximate surface area is 133 Å². The van der Waals surface area contributed by atoms with E-state index in [2.05, 4.69) is 4.72 Å². The molecule has 0 saturated carbocycles. The molecule has 0 aliphatic rings. The van der Waals surface area contributed by atoms with E-state index in [4.69, 9.17) is 16.3 Å². The first-order valence-electron chi connectivity index (χ1n) is 6.40. The molecule has 22 heavy (non-hydrogen) atoms. The predicted octanol–water partition coefficient (Wildman–Crippen LogP) is 3.74. The molecule has 0 unspecified atom stereocenters. The quantitative estimate of drug-likeness (QED) is 0.899. The van der Waals surface area contributed by atoms with Gasteiger partial charge in [-0.1, -0.05) is 23.7 Å². The summed E-state index contributed by atoms with van der Waals surface area (Å²) in [5, 5.41) is 0.313. The van der Waals surface area contributed by atoms with Gasteiger partial charge < -0.3 is 4.74 Å². The van der Waals surface area contributed by atoms with Crippen molar-refractivity contribution in [2.24, 2.45) is 0 Å². The van der Waals surface area contributed by atoms with Gasteiger partial charge in [0.25, 0.3) is 0 Å². The lowest BCUT2D eigenvalue weighted by atomic mass is 10.2. The molecule has 118 valence electrons. The van der Waals surface area contributed by atoms with Crippen molar-refractivity contribution < 1.29 is 17.5 Å². The Kier molecular flexibility index (Phi) is 4.93. The third-order valence-corrected chi connectivity index (χ3v) is 4.57. The predicted molar refractivity (Wildman–Crippen MR) is 85.4 cm³/mol. The van der Waals surface area contributed by atoms with Crippen LogP contribution in [0.2, 0.25) is 5.02 Å². The number of anilines is 1. The number of nitrogens with one attached hydrogen (secondary N) is 1. The lowest BCUT2D eigenvalue weighted by molar-refractivity contribution is 0.415. The van der Waals surface area contributed by atoms with Crippen molar-refractivity contribution in [3.8, 4) is 5.75 Å². The number of halogens is 2. The second kappa shape index (κ2) is 6.54. The average molecular weight is 344 g/mol. The Morgan fingerprint density at radius 1 is 1.23 bits per heavy atom. The summed E-state index contributed by atoms with van der Waals surface area (Å²) in [5.74, 6) is -0.191. The summed E-state index contributed by atoms with van der Waals surface area (Å²) in [6.45, 7) is 1.74. The van der Waals surface area contributed by atoms with Crippen molar-refractivity contribution in [3.63, 3.8) is 0 Å². The lowest BCUT2D eigenvalue weighted by Crippen LogP contribution is -2.16. The van der Waals surface area contributed by atoms with Gasteiger partial charge in [-0.2, -0.15) is 0 Å². The Bertz CT molecular complexity index is 776. The van der Waals surface area contributed by atoms with Crippen LogP contribution in [0.25, 0.3) is 0 Å². The van der Waals surface area contributed by atoms with E-state index in [1.165, 1.54) is 37.4 Å². The molecule has 0 saturated heterocycles. The van der Waals surface area contributed by atoms with Gasteiger partial charge in [0.2, 0.25) is 10.0 Å². The molecular weight excluding hydrogens is 329 g/mol. The molecule has 4 nitrogen and oxygen atoms in total. The van der Waals surface area contributed by atoms with E-state index in [9.17, 15) is 12.8 Å². The maximum Gasteiger partial charge on any atom is 0.236 e. The summed E-state index contributed by atoms with van der Waals surface area (Å²) in [6, 6.07) is 8.46. The standard InChI is InChI=1S/C15H15ClFNO3S/c1-10-7-15(21-2)13(16)8-14(10)18-22(19,20)9-11-3-5-12(17)6-4-11/h3-8,18H,9H2,1-2H3. The van der Waals surface area contributed by atoms with Gasteiger partial charge in [0.1, 0.15) is 11.6 Å². The van der Waals surface area contributed by atoms with Crippen molar-refractivity contribution in [1.82, 2.24) is 0 Å². The molecule has 1 N–H and O–H groups in total. The maximum atomic E-state index is 12.8. The number of ether oxygens (including phenoxy) is 1. The van der Waals surface area contributed by atoms with Crippen LogP contribution in [-0.4, -0.2) is 15.5 Å². The van der Waals surface area contributed by atoms with Crippen molar-refractivity contribution in [2.45, 2.75) is 12.7 Å². The number of hydrogen-bond acceptors (Lipinski definition) is 3. The molecule has 0 amide bonds. The first-order valence-corrected chi connectivity index (χ1v) is 8.43. The molecule has 0 bridgehead atoms. The summed E-state index contributed by atoms with van der Waals surface area (Å²) in [5.41, 5.74) is 1.56. The summed E-state index contributed by atoms with van der Waals surface area (Å²) in [7, 11) is -2.15. The molecule has 2 aromatic rings. The monoisotopic (exact) mass is 343 g/mol. The van der Waals surface area contributed by atoms with Crippen LogP contribution in [0.15, 0.2) is 36.4 Å². The van der Waals surface area contributed by atoms with Crippen molar-refractivity contribution in [1.29, 1.82) is 0 Å². The zero-order chi connectivity index (χ0) is 16.3. The molecule has 0 aliphatic heterocycles. The third kappa shape index (κ3) is 4.11. The highest BCUT2D eigenvalue weighted by molar-refractivity contribution is 7.91. The van der Waals surface area contributed by atoms with Crippen LogP contribution < -0.4 is 9.46 Å². The van der Waals surface area contributed by atoms with Gasteiger partial charge in [-0.3, -0.25) is 4.72 Å². The molecule has 0 fully saturated rings.